The van der Waals surface area contributed by atoms with Crippen LogP contribution in [0, 0.1) is 0 Å². The third-order valence-electron chi connectivity index (χ3n) is 9.32. The summed E-state index contributed by atoms with van der Waals surface area (Å²) in [5.41, 5.74) is 3.08. The number of carbonyl (C=O) groups is 3. The normalized spacial score (nSPS) is 12.2. The van der Waals surface area contributed by atoms with Gasteiger partial charge in [0.15, 0.2) is 5.75 Å². The number of carboxylic acid groups (broad SMARTS) is 1. The molecule has 0 aliphatic heterocycles. The molecule has 16 heteroatoms. The number of hydrogen-bond donors (Lipinski definition) is 7. The first kappa shape index (κ1) is 43.7. The molecule has 0 fully saturated rings. The number of nitrogens with zero attached hydrogens (tertiary/aromatic N) is 1. The fraction of sp³-hybridized carbons (Fsp3) is 0.302. The molecule has 15 nitrogen and oxygen atoms in total. The number of methoxy groups -OCH3 is 2. The maximum Gasteiger partial charge on any atom is 0.323 e. The molecule has 5 rings (SSSR count). The Morgan fingerprint density at radius 2 is 1.58 bits per heavy atom. The predicted octanol–water partition coefficient (Wildman–Crippen LogP) is 8.01. The average Bonchev–Trinajstić information content (AvgIpc) is 3.19. The molecule has 0 aliphatic carbocycles. The number of ether oxygens (including phenoxy) is 3. The maximum atomic E-state index is 13.5. The molecule has 7 N–H and O–H groups in total. The van der Waals surface area contributed by atoms with Crippen molar-refractivity contribution >= 4 is 68.2 Å². The molecule has 4 aromatic carbocycles. The van der Waals surface area contributed by atoms with E-state index < -0.39 is 29.0 Å². The second-order valence-corrected chi connectivity index (χ2v) is 15.7. The second kappa shape index (κ2) is 19.8. The smallest absolute Gasteiger partial charge is 0.323 e. The van der Waals surface area contributed by atoms with Gasteiger partial charge < -0.3 is 50.6 Å². The Kier molecular flexibility index (Phi) is 14.7. The first-order chi connectivity index (χ1) is 28.2. The van der Waals surface area contributed by atoms with Gasteiger partial charge in [-0.3, -0.25) is 9.59 Å². The van der Waals surface area contributed by atoms with Gasteiger partial charge in [0.1, 0.15) is 40.1 Å². The summed E-state index contributed by atoms with van der Waals surface area (Å²) in [5.74, 6) is 1.05. The minimum Gasteiger partial charge on any atom is -0.496 e. The number of aliphatic carboxylic acids is 1. The van der Waals surface area contributed by atoms with Crippen LogP contribution in [0.4, 0.5) is 33.4 Å². The van der Waals surface area contributed by atoms with E-state index in [1.165, 1.54) is 20.5 Å². The van der Waals surface area contributed by atoms with Gasteiger partial charge in [-0.1, -0.05) is 45.0 Å². The minimum absolute atomic E-state index is 0.270. The van der Waals surface area contributed by atoms with E-state index in [0.29, 0.717) is 82.9 Å². The lowest BCUT2D eigenvalue weighted by Crippen LogP contribution is -2.33. The number of carbonyl (C=O) groups excluding carboxylic acids is 2. The van der Waals surface area contributed by atoms with Gasteiger partial charge in [0.05, 0.1) is 36.8 Å². The summed E-state index contributed by atoms with van der Waals surface area (Å²) in [4.78, 5) is 42.1. The van der Waals surface area contributed by atoms with Crippen molar-refractivity contribution in [3.8, 4) is 23.0 Å². The third kappa shape index (κ3) is 11.6. The summed E-state index contributed by atoms with van der Waals surface area (Å²) >= 11 is 0. The van der Waals surface area contributed by atoms with Gasteiger partial charge in [-0.05, 0) is 79.8 Å². The largest absolute Gasteiger partial charge is 0.496 e. The van der Waals surface area contributed by atoms with E-state index in [2.05, 4.69) is 36.3 Å². The molecule has 0 saturated carbocycles. The molecule has 2 atom stereocenters. The van der Waals surface area contributed by atoms with Crippen molar-refractivity contribution < 1.29 is 37.9 Å². The molecule has 312 valence electrons. The lowest BCUT2D eigenvalue weighted by atomic mass is 9.86. The van der Waals surface area contributed by atoms with Gasteiger partial charge >= 0.3 is 12.0 Å². The van der Waals surface area contributed by atoms with Gasteiger partial charge in [0.25, 0.3) is 5.91 Å². The van der Waals surface area contributed by atoms with Crippen LogP contribution in [0.25, 0.3) is 10.8 Å². The van der Waals surface area contributed by atoms with Crippen molar-refractivity contribution in [1.82, 2.24) is 15.6 Å². The average molecular weight is 826 g/mol. The van der Waals surface area contributed by atoms with Crippen molar-refractivity contribution in [2.75, 3.05) is 54.7 Å². The Bertz CT molecular complexity index is 2330. The lowest BCUT2D eigenvalue weighted by Gasteiger charge is -2.24. The van der Waals surface area contributed by atoms with E-state index in [9.17, 15) is 23.7 Å². The molecule has 1 aromatic heterocycles. The number of likely N-dealkylation sites (N-methyl/N-ethyl adjacent to an activating group) is 1. The summed E-state index contributed by atoms with van der Waals surface area (Å²) in [7, 11) is 3.21. The number of benzene rings is 4. The van der Waals surface area contributed by atoms with E-state index >= 15 is 0 Å². The number of amides is 3. The zero-order valence-corrected chi connectivity index (χ0v) is 35.0. The Morgan fingerprint density at radius 1 is 0.847 bits per heavy atom. The number of pyridine rings is 1. The molecule has 5 aromatic rings. The summed E-state index contributed by atoms with van der Waals surface area (Å²) in [5, 5.41) is 25.4. The number of fused-ring (bicyclic) bond motifs is 1. The van der Waals surface area contributed by atoms with Crippen LogP contribution < -0.4 is 45.5 Å². The molecule has 0 aliphatic rings. The van der Waals surface area contributed by atoms with Crippen LogP contribution in [0.1, 0.15) is 56.0 Å². The van der Waals surface area contributed by atoms with Crippen LogP contribution in [0.5, 0.6) is 23.0 Å². The van der Waals surface area contributed by atoms with Crippen molar-refractivity contribution in [1.29, 1.82) is 0 Å². The predicted molar refractivity (Wildman–Crippen MR) is 233 cm³/mol. The fourth-order valence-electron chi connectivity index (χ4n) is 6.29. The highest BCUT2D eigenvalue weighted by atomic mass is 32.2. The molecular formula is C43H51N7O8S. The van der Waals surface area contributed by atoms with E-state index in [0.717, 1.165) is 16.3 Å². The maximum absolute atomic E-state index is 13.5. The topological polar surface area (TPSA) is 201 Å². The Labute approximate surface area is 346 Å². The van der Waals surface area contributed by atoms with Gasteiger partial charge in [-0.2, -0.15) is 0 Å². The number of carboxylic acids is 1. The molecular weight excluding hydrogens is 775 g/mol. The molecule has 59 heavy (non-hydrogen) atoms. The van der Waals surface area contributed by atoms with Crippen LogP contribution in [0.15, 0.2) is 85.1 Å². The van der Waals surface area contributed by atoms with Crippen molar-refractivity contribution in [2.24, 2.45) is 0 Å². The molecule has 0 spiro atoms. The number of hydrogen-bond acceptors (Lipinski definition) is 10. The van der Waals surface area contributed by atoms with Gasteiger partial charge in [0, 0.05) is 47.6 Å². The fourth-order valence-corrected chi connectivity index (χ4v) is 6.75. The molecule has 3 amide bonds. The Balaban J connectivity index is 1.27. The first-order valence-corrected chi connectivity index (χ1v) is 20.5. The number of nitrogens with one attached hydrogen (secondary N) is 6. The van der Waals surface area contributed by atoms with Crippen LogP contribution in [0.3, 0.4) is 0 Å². The van der Waals surface area contributed by atoms with E-state index in [-0.39, 0.29) is 11.3 Å². The number of rotatable bonds is 18. The Hall–Kier alpha value is -6.39. The monoisotopic (exact) mass is 825 g/mol. The molecule has 0 radical (unpaired) electrons. The summed E-state index contributed by atoms with van der Waals surface area (Å²) < 4.78 is 32.5. The first-order valence-electron chi connectivity index (χ1n) is 18.9. The van der Waals surface area contributed by atoms with Crippen LogP contribution in [-0.2, 0) is 21.2 Å². The van der Waals surface area contributed by atoms with Gasteiger partial charge in [-0.25, -0.2) is 14.0 Å². The standard InChI is InChI=1S/C43H51N7O8S/c1-43(2,3)26-22-34(39(57-6)35(23-26)50-59(7)55)49-42(54)48-32-17-18-36(30-13-9-8-12-29(30)32)58-28-19-21-45-38(25-28)47-27-15-16-31(37(24-27)56-5)40(51)46-20-11-10-14-33(44-4)41(52)53/h8-9,12-13,15-19,21-25,33,44,50H,10-11,14,20H2,1-7H3,(H,45,47)(H,46,51)(H,52,53)(H2,48,49,54)/t33-,59?/m0/s1. The highest BCUT2D eigenvalue weighted by molar-refractivity contribution is 7.85. The molecule has 1 heterocycles. The van der Waals surface area contributed by atoms with Crippen LogP contribution in [0.2, 0.25) is 0 Å². The number of unbranched alkanes of at least 4 members (excludes halogenated alkanes) is 1. The van der Waals surface area contributed by atoms with Crippen molar-refractivity contribution in [3.63, 3.8) is 0 Å². The summed E-state index contributed by atoms with van der Waals surface area (Å²) in [6.45, 7) is 6.53. The summed E-state index contributed by atoms with van der Waals surface area (Å²) in [6, 6.07) is 22.2. The number of aromatic nitrogens is 1. The Morgan fingerprint density at radius 3 is 2.25 bits per heavy atom. The molecule has 1 unspecified atom stereocenters. The minimum atomic E-state index is -1.37. The van der Waals surface area contributed by atoms with Crippen molar-refractivity contribution in [2.45, 2.75) is 51.5 Å². The van der Waals surface area contributed by atoms with Crippen LogP contribution >= 0.6 is 0 Å². The highest BCUT2D eigenvalue weighted by Crippen LogP contribution is 2.40. The highest BCUT2D eigenvalue weighted by Gasteiger charge is 2.22. The quantitative estimate of drug-likeness (QED) is 0.0422. The number of urea groups is 1. The summed E-state index contributed by atoms with van der Waals surface area (Å²) in [6.07, 6.45) is 4.86. The third-order valence-corrected chi connectivity index (χ3v) is 9.83. The van der Waals surface area contributed by atoms with E-state index in [1.807, 2.05) is 57.2 Å². The van der Waals surface area contributed by atoms with Crippen LogP contribution in [-0.4, -0.2) is 72.3 Å². The zero-order chi connectivity index (χ0) is 42.7. The molecule has 0 saturated heterocycles. The van der Waals surface area contributed by atoms with Gasteiger partial charge in [0.2, 0.25) is 0 Å². The van der Waals surface area contributed by atoms with Crippen molar-refractivity contribution in [3.05, 3.63) is 96.2 Å². The zero-order valence-electron chi connectivity index (χ0n) is 34.1. The molecule has 0 bridgehead atoms. The van der Waals surface area contributed by atoms with Gasteiger partial charge in [-0.15, -0.1) is 0 Å². The number of anilines is 5. The second-order valence-electron chi connectivity index (χ2n) is 14.6. The van der Waals surface area contributed by atoms with E-state index in [1.54, 1.807) is 55.7 Å². The lowest BCUT2D eigenvalue weighted by molar-refractivity contribution is -0.139. The SMILES string of the molecule is CN[C@@H](CCCCNC(=O)c1ccc(Nc2cc(Oc3ccc(NC(=O)Nc4cc(C(C)(C)C)cc(NS(C)=O)c4OC)c4ccccc34)ccn2)cc1OC)C(=O)O. The van der Waals surface area contributed by atoms with E-state index in [4.69, 9.17) is 14.2 Å².